The lowest BCUT2D eigenvalue weighted by Gasteiger charge is -2.24. The molecule has 2 heterocycles. The van der Waals surface area contributed by atoms with Crippen LogP contribution in [0, 0.1) is 5.92 Å². The van der Waals surface area contributed by atoms with Gasteiger partial charge in [-0.25, -0.2) is 14.6 Å². The van der Waals surface area contributed by atoms with Gasteiger partial charge in [0.2, 0.25) is 17.7 Å². The predicted octanol–water partition coefficient (Wildman–Crippen LogP) is 1.80. The van der Waals surface area contributed by atoms with Crippen LogP contribution in [-0.2, 0) is 20.7 Å². The number of aliphatic imine (C=N–C) groups is 1. The molecule has 12 heteroatoms. The monoisotopic (exact) mass is 445 g/mol. The van der Waals surface area contributed by atoms with Crippen LogP contribution in [0.2, 0.25) is 0 Å². The highest BCUT2D eigenvalue weighted by atomic mass is 32.2. The Morgan fingerprint density at radius 3 is 2.61 bits per heavy atom. The molecule has 0 fully saturated rings. The Bertz CT molecular complexity index is 1050. The van der Waals surface area contributed by atoms with E-state index in [4.69, 9.17) is 4.42 Å². The molecular weight excluding hydrogens is 426 g/mol. The van der Waals surface area contributed by atoms with Gasteiger partial charge in [-0.3, -0.25) is 14.5 Å². The van der Waals surface area contributed by atoms with Gasteiger partial charge in [0.25, 0.3) is 5.22 Å². The number of esters is 1. The molecule has 1 atom stereocenters. The van der Waals surface area contributed by atoms with Crippen LogP contribution in [0.5, 0.6) is 0 Å². The van der Waals surface area contributed by atoms with E-state index in [1.165, 1.54) is 14.2 Å². The molecule has 3 rings (SSSR count). The number of aromatic nitrogens is 2. The Kier molecular flexibility index (Phi) is 6.80. The zero-order valence-electron chi connectivity index (χ0n) is 16.9. The molecule has 11 nitrogen and oxygen atoms in total. The van der Waals surface area contributed by atoms with Crippen LogP contribution in [0.15, 0.2) is 38.9 Å². The number of benzene rings is 1. The standard InChI is InChI=1S/C19H19N5O6S/c1-10-13(16(26)24(2)18(28)20-10)8-15-22-23-19(30-15)31-9-14(25)21-12-6-4-11(5-7-12)17(27)29-3/h4-7,13H,8-9H2,1-3H3,(H,21,25). The maximum Gasteiger partial charge on any atom is 0.349 e. The summed E-state index contributed by atoms with van der Waals surface area (Å²) in [6.45, 7) is 1.60. The zero-order chi connectivity index (χ0) is 22.5. The highest BCUT2D eigenvalue weighted by molar-refractivity contribution is 7.99. The molecule has 0 bridgehead atoms. The van der Waals surface area contributed by atoms with Crippen molar-refractivity contribution < 1.29 is 28.3 Å². The second kappa shape index (κ2) is 9.51. The van der Waals surface area contributed by atoms with E-state index in [-0.39, 0.29) is 35.1 Å². The van der Waals surface area contributed by atoms with Gasteiger partial charge < -0.3 is 14.5 Å². The van der Waals surface area contributed by atoms with Crippen molar-refractivity contribution in [3.05, 3.63) is 35.7 Å². The number of ether oxygens (including phenoxy) is 1. The number of hydrogen-bond acceptors (Lipinski definition) is 9. The van der Waals surface area contributed by atoms with Crippen LogP contribution in [0.3, 0.4) is 0 Å². The number of carbonyl (C=O) groups is 4. The van der Waals surface area contributed by atoms with Crippen molar-refractivity contribution in [2.75, 3.05) is 25.2 Å². The van der Waals surface area contributed by atoms with Gasteiger partial charge in [-0.05, 0) is 31.2 Å². The Morgan fingerprint density at radius 2 is 1.94 bits per heavy atom. The molecule has 0 aliphatic carbocycles. The van der Waals surface area contributed by atoms with E-state index in [1.807, 2.05) is 0 Å². The molecule has 31 heavy (non-hydrogen) atoms. The van der Waals surface area contributed by atoms with Gasteiger partial charge in [0.15, 0.2) is 0 Å². The summed E-state index contributed by atoms with van der Waals surface area (Å²) in [4.78, 5) is 52.2. The Labute approximate surface area is 181 Å². The lowest BCUT2D eigenvalue weighted by atomic mass is 9.97. The number of hydrogen-bond donors (Lipinski definition) is 1. The second-order valence-electron chi connectivity index (χ2n) is 6.56. The number of rotatable bonds is 7. The molecule has 4 amide bonds. The number of imide groups is 1. The second-order valence-corrected chi connectivity index (χ2v) is 7.48. The lowest BCUT2D eigenvalue weighted by molar-refractivity contribution is -0.129. The molecule has 162 valence electrons. The van der Waals surface area contributed by atoms with Gasteiger partial charge in [-0.15, -0.1) is 10.2 Å². The van der Waals surface area contributed by atoms with E-state index < -0.39 is 17.9 Å². The number of carbonyl (C=O) groups excluding carboxylic acids is 4. The minimum absolute atomic E-state index is 0.0144. The summed E-state index contributed by atoms with van der Waals surface area (Å²) in [5.74, 6) is -1.59. The van der Waals surface area contributed by atoms with Crippen LogP contribution in [0.25, 0.3) is 0 Å². The Balaban J connectivity index is 1.52. The summed E-state index contributed by atoms with van der Waals surface area (Å²) in [5, 5.41) is 10.6. The van der Waals surface area contributed by atoms with Gasteiger partial charge in [-0.1, -0.05) is 11.8 Å². The molecule has 1 aliphatic rings. The normalized spacial score (nSPS) is 16.2. The smallest absolute Gasteiger partial charge is 0.349 e. The molecular formula is C19H19N5O6S. The molecule has 0 spiro atoms. The van der Waals surface area contributed by atoms with Crippen molar-refractivity contribution in [1.82, 2.24) is 15.1 Å². The fraction of sp³-hybridized carbons (Fsp3) is 0.316. The third-order valence-electron chi connectivity index (χ3n) is 4.44. The number of methoxy groups -OCH3 is 1. The van der Waals surface area contributed by atoms with Crippen LogP contribution >= 0.6 is 11.8 Å². The van der Waals surface area contributed by atoms with Crippen molar-refractivity contribution in [3.8, 4) is 0 Å². The summed E-state index contributed by atoms with van der Waals surface area (Å²) in [6.07, 6.45) is 0.109. The number of urea groups is 1. The summed E-state index contributed by atoms with van der Waals surface area (Å²) < 4.78 is 10.1. The van der Waals surface area contributed by atoms with Gasteiger partial charge >= 0.3 is 12.0 Å². The van der Waals surface area contributed by atoms with E-state index in [0.717, 1.165) is 16.7 Å². The fourth-order valence-corrected chi connectivity index (χ4v) is 3.31. The van der Waals surface area contributed by atoms with Crippen molar-refractivity contribution in [3.63, 3.8) is 0 Å². The first-order chi connectivity index (χ1) is 14.8. The van der Waals surface area contributed by atoms with Gasteiger partial charge in [-0.2, -0.15) is 0 Å². The quantitative estimate of drug-likeness (QED) is 0.498. The molecule has 0 saturated carbocycles. The summed E-state index contributed by atoms with van der Waals surface area (Å²) in [5.41, 5.74) is 1.28. The maximum atomic E-state index is 12.3. The van der Waals surface area contributed by atoms with E-state index in [1.54, 1.807) is 31.2 Å². The van der Waals surface area contributed by atoms with Gasteiger partial charge in [0.05, 0.1) is 24.3 Å². The molecule has 1 aromatic carbocycles. The lowest BCUT2D eigenvalue weighted by Crippen LogP contribution is -2.44. The van der Waals surface area contributed by atoms with Gasteiger partial charge in [0, 0.05) is 24.9 Å². The SMILES string of the molecule is COC(=O)c1ccc(NC(=O)CSc2nnc(CC3C(=O)N(C)C(=O)N=C3C)o2)cc1. The first-order valence-corrected chi connectivity index (χ1v) is 10.1. The summed E-state index contributed by atoms with van der Waals surface area (Å²) in [7, 11) is 2.66. The van der Waals surface area contributed by atoms with Crippen LogP contribution in [0.4, 0.5) is 10.5 Å². The largest absolute Gasteiger partial charge is 0.465 e. The molecule has 1 aliphatic heterocycles. The number of thioether (sulfide) groups is 1. The van der Waals surface area contributed by atoms with Crippen LogP contribution in [-0.4, -0.2) is 64.5 Å². The first kappa shape index (κ1) is 22.2. The number of nitrogens with one attached hydrogen (secondary N) is 1. The van der Waals surface area contributed by atoms with E-state index in [2.05, 4.69) is 25.2 Å². The number of anilines is 1. The highest BCUT2D eigenvalue weighted by Gasteiger charge is 2.34. The molecule has 1 N–H and O–H groups in total. The Morgan fingerprint density at radius 1 is 1.23 bits per heavy atom. The molecule has 1 unspecified atom stereocenters. The average Bonchev–Trinajstić information content (AvgIpc) is 3.21. The van der Waals surface area contributed by atoms with Crippen molar-refractivity contribution in [2.45, 2.75) is 18.6 Å². The fourth-order valence-electron chi connectivity index (χ4n) is 2.73. The van der Waals surface area contributed by atoms with E-state index in [0.29, 0.717) is 17.0 Å². The van der Waals surface area contributed by atoms with Crippen LogP contribution < -0.4 is 5.32 Å². The predicted molar refractivity (Wildman–Crippen MR) is 110 cm³/mol. The molecule has 0 saturated heterocycles. The molecule has 0 radical (unpaired) electrons. The first-order valence-electron chi connectivity index (χ1n) is 9.08. The van der Waals surface area contributed by atoms with Crippen molar-refractivity contribution >= 4 is 47.0 Å². The van der Waals surface area contributed by atoms with E-state index in [9.17, 15) is 19.2 Å². The third kappa shape index (κ3) is 5.34. The topological polar surface area (TPSA) is 144 Å². The summed E-state index contributed by atoms with van der Waals surface area (Å²) in [6, 6.07) is 5.66. The maximum absolute atomic E-state index is 12.3. The number of nitrogens with zero attached hydrogens (tertiary/aromatic N) is 4. The van der Waals surface area contributed by atoms with Crippen molar-refractivity contribution in [1.29, 1.82) is 0 Å². The van der Waals surface area contributed by atoms with Crippen LogP contribution in [0.1, 0.15) is 23.2 Å². The minimum Gasteiger partial charge on any atom is -0.465 e. The average molecular weight is 445 g/mol. The third-order valence-corrected chi connectivity index (χ3v) is 5.25. The molecule has 1 aromatic heterocycles. The zero-order valence-corrected chi connectivity index (χ0v) is 17.8. The minimum atomic E-state index is -0.655. The Hall–Kier alpha value is -3.54. The molecule has 2 aromatic rings. The number of amides is 4. The van der Waals surface area contributed by atoms with Crippen molar-refractivity contribution in [2.24, 2.45) is 10.9 Å². The highest BCUT2D eigenvalue weighted by Crippen LogP contribution is 2.21. The summed E-state index contributed by atoms with van der Waals surface area (Å²) >= 11 is 1.04. The van der Waals surface area contributed by atoms with Gasteiger partial charge in [0.1, 0.15) is 0 Å². The van der Waals surface area contributed by atoms with E-state index >= 15 is 0 Å².